The van der Waals surface area contributed by atoms with Crippen molar-refractivity contribution < 1.29 is 26.8 Å². The third-order valence-electron chi connectivity index (χ3n) is 4.35. The minimum absolute atomic E-state index is 0.0316. The van der Waals surface area contributed by atoms with Crippen LogP contribution in [0, 0.1) is 17.6 Å². The molecule has 9 heteroatoms. The molecule has 5 nitrogen and oxygen atoms in total. The molecule has 1 aliphatic carbocycles. The largest absolute Gasteiger partial charge is 0.295 e. The first kappa shape index (κ1) is 19.4. The van der Waals surface area contributed by atoms with Crippen molar-refractivity contribution in [2.24, 2.45) is 5.92 Å². The first-order chi connectivity index (χ1) is 12.6. The van der Waals surface area contributed by atoms with E-state index in [0.717, 1.165) is 24.3 Å². The van der Waals surface area contributed by atoms with Gasteiger partial charge in [-0.3, -0.25) is 9.59 Å². The average Bonchev–Trinajstić information content (AvgIpc) is 3.37. The molecule has 2 aromatic carbocycles. The van der Waals surface area contributed by atoms with E-state index in [1.54, 1.807) is 0 Å². The second kappa shape index (κ2) is 7.01. The van der Waals surface area contributed by atoms with Crippen LogP contribution in [-0.4, -0.2) is 20.1 Å². The molecule has 142 valence electrons. The zero-order chi connectivity index (χ0) is 19.9. The number of benzene rings is 2. The first-order valence-electron chi connectivity index (χ1n) is 7.92. The maximum atomic E-state index is 13.8. The lowest BCUT2D eigenvalue weighted by Gasteiger charge is -2.10. The molecule has 0 bridgehead atoms. The lowest BCUT2D eigenvalue weighted by molar-refractivity contribution is -0.120. The van der Waals surface area contributed by atoms with E-state index in [1.807, 2.05) is 4.72 Å². The van der Waals surface area contributed by atoms with E-state index in [-0.39, 0.29) is 28.4 Å². The molecule has 1 amide bonds. The number of nitrogens with one attached hydrogen (secondary N) is 1. The van der Waals surface area contributed by atoms with Crippen molar-refractivity contribution in [1.82, 2.24) is 4.72 Å². The molecule has 0 radical (unpaired) electrons. The molecule has 2 aromatic rings. The molecule has 2 atom stereocenters. The summed E-state index contributed by atoms with van der Waals surface area (Å²) in [5.74, 6) is -3.90. The van der Waals surface area contributed by atoms with Gasteiger partial charge in [0.15, 0.2) is 5.78 Å². The lowest BCUT2D eigenvalue weighted by atomic mass is 10.1. The Labute approximate surface area is 159 Å². The second-order valence-corrected chi connectivity index (χ2v) is 8.34. The van der Waals surface area contributed by atoms with Crippen molar-refractivity contribution in [3.63, 3.8) is 0 Å². The predicted molar refractivity (Wildman–Crippen MR) is 94.0 cm³/mol. The number of ketones is 1. The number of hydrogen-bond acceptors (Lipinski definition) is 4. The van der Waals surface area contributed by atoms with Crippen molar-refractivity contribution in [2.75, 3.05) is 0 Å². The maximum Gasteiger partial charge on any atom is 0.265 e. The van der Waals surface area contributed by atoms with Crippen LogP contribution < -0.4 is 4.72 Å². The minimum atomic E-state index is -4.33. The van der Waals surface area contributed by atoms with E-state index in [1.165, 1.54) is 19.1 Å². The van der Waals surface area contributed by atoms with Gasteiger partial charge in [-0.15, -0.1) is 0 Å². The third-order valence-corrected chi connectivity index (χ3v) is 6.18. The molecule has 3 rings (SSSR count). The molecule has 0 aromatic heterocycles. The van der Waals surface area contributed by atoms with Crippen molar-refractivity contribution in [2.45, 2.75) is 24.2 Å². The summed E-state index contributed by atoms with van der Waals surface area (Å²) in [6.07, 6.45) is 0.197. The van der Waals surface area contributed by atoms with Gasteiger partial charge in [0.2, 0.25) is 5.91 Å². The van der Waals surface area contributed by atoms with Crippen molar-refractivity contribution in [3.05, 3.63) is 64.2 Å². The fourth-order valence-electron chi connectivity index (χ4n) is 2.82. The number of carbonyl (C=O) groups is 2. The normalized spacial score (nSPS) is 18.8. The van der Waals surface area contributed by atoms with Gasteiger partial charge in [-0.2, -0.15) is 0 Å². The summed E-state index contributed by atoms with van der Waals surface area (Å²) >= 11 is 5.89. The fourth-order valence-corrected chi connectivity index (χ4v) is 4.37. The molecule has 0 heterocycles. The van der Waals surface area contributed by atoms with Gasteiger partial charge in [-0.05, 0) is 61.2 Å². The smallest absolute Gasteiger partial charge is 0.265 e. The highest BCUT2D eigenvalue weighted by Crippen LogP contribution is 2.48. The summed E-state index contributed by atoms with van der Waals surface area (Å²) in [6.45, 7) is 1.26. The van der Waals surface area contributed by atoms with Crippen LogP contribution in [0.2, 0.25) is 5.02 Å². The zero-order valence-corrected chi connectivity index (χ0v) is 15.6. The predicted octanol–water partition coefficient (Wildman–Crippen LogP) is 3.43. The van der Waals surface area contributed by atoms with E-state index in [0.29, 0.717) is 0 Å². The summed E-state index contributed by atoms with van der Waals surface area (Å²) in [4.78, 5) is 23.3. The Hall–Kier alpha value is -2.32. The number of halogens is 3. The number of rotatable bonds is 5. The van der Waals surface area contributed by atoms with Gasteiger partial charge < -0.3 is 0 Å². The van der Waals surface area contributed by atoms with Crippen LogP contribution in [0.25, 0.3) is 0 Å². The van der Waals surface area contributed by atoms with Crippen molar-refractivity contribution in [1.29, 1.82) is 0 Å². The SMILES string of the molecule is CC(=O)c1ccc(Cl)c(S(=O)(=O)NC(=O)[C@H]2C[C@H]2c2cc(F)ccc2F)c1. The van der Waals surface area contributed by atoms with Gasteiger partial charge in [0, 0.05) is 11.5 Å². The standard InChI is InChI=1S/C18H14ClF2NO4S/c1-9(23)10-2-4-15(19)17(6-10)27(25,26)22-18(24)14-8-12(14)13-7-11(20)3-5-16(13)21/h2-7,12,14H,8H2,1H3,(H,22,24)/t12-,14-/m0/s1. The highest BCUT2D eigenvalue weighted by molar-refractivity contribution is 7.90. The Balaban J connectivity index is 1.80. The maximum absolute atomic E-state index is 13.8. The number of hydrogen-bond donors (Lipinski definition) is 1. The number of amides is 1. The van der Waals surface area contributed by atoms with Crippen molar-refractivity contribution in [3.8, 4) is 0 Å². The Morgan fingerprint density at radius 1 is 1.15 bits per heavy atom. The van der Waals surface area contributed by atoms with Gasteiger partial charge in [-0.25, -0.2) is 21.9 Å². The van der Waals surface area contributed by atoms with E-state index in [2.05, 4.69) is 0 Å². The molecule has 1 saturated carbocycles. The zero-order valence-electron chi connectivity index (χ0n) is 14.0. The molecule has 27 heavy (non-hydrogen) atoms. The number of Topliss-reactive ketones (excluding diaryl/α,β-unsaturated/α-hetero) is 1. The van der Waals surface area contributed by atoms with Gasteiger partial charge in [0.25, 0.3) is 10.0 Å². The monoisotopic (exact) mass is 413 g/mol. The molecule has 1 fully saturated rings. The molecular formula is C18H14ClF2NO4S. The second-order valence-electron chi connectivity index (χ2n) is 6.29. The Morgan fingerprint density at radius 3 is 2.52 bits per heavy atom. The Bertz CT molecular complexity index is 1060. The quantitative estimate of drug-likeness (QED) is 0.761. The molecule has 0 unspecified atom stereocenters. The van der Waals surface area contributed by atoms with Crippen LogP contribution in [0.1, 0.15) is 35.2 Å². The van der Waals surface area contributed by atoms with Gasteiger partial charge in [0.1, 0.15) is 16.5 Å². The van der Waals surface area contributed by atoms with Crippen LogP contribution in [0.5, 0.6) is 0 Å². The fraction of sp³-hybridized carbons (Fsp3) is 0.222. The van der Waals surface area contributed by atoms with Crippen LogP contribution in [0.15, 0.2) is 41.3 Å². The van der Waals surface area contributed by atoms with E-state index < -0.39 is 44.3 Å². The van der Waals surface area contributed by atoms with E-state index >= 15 is 0 Å². The van der Waals surface area contributed by atoms with E-state index in [9.17, 15) is 26.8 Å². The third kappa shape index (κ3) is 4.01. The summed E-state index contributed by atoms with van der Waals surface area (Å²) in [6, 6.07) is 6.62. The Morgan fingerprint density at radius 2 is 1.85 bits per heavy atom. The number of carbonyl (C=O) groups excluding carboxylic acids is 2. The van der Waals surface area contributed by atoms with Crippen LogP contribution in [-0.2, 0) is 14.8 Å². The van der Waals surface area contributed by atoms with E-state index in [4.69, 9.17) is 11.6 Å². The van der Waals surface area contributed by atoms with Gasteiger partial charge >= 0.3 is 0 Å². The Kier molecular flexibility index (Phi) is 5.05. The topological polar surface area (TPSA) is 80.3 Å². The van der Waals surface area contributed by atoms with Gasteiger partial charge in [0.05, 0.1) is 5.02 Å². The molecule has 1 aliphatic rings. The highest BCUT2D eigenvalue weighted by atomic mass is 35.5. The summed E-state index contributed by atoms with van der Waals surface area (Å²) in [7, 11) is -4.33. The summed E-state index contributed by atoms with van der Waals surface area (Å²) in [5.41, 5.74) is 0.155. The van der Waals surface area contributed by atoms with Gasteiger partial charge in [-0.1, -0.05) is 11.6 Å². The summed E-state index contributed by atoms with van der Waals surface area (Å²) in [5, 5.41) is -0.149. The molecule has 0 aliphatic heterocycles. The van der Waals surface area contributed by atoms with Crippen LogP contribution in [0.4, 0.5) is 8.78 Å². The summed E-state index contributed by atoms with van der Waals surface area (Å²) < 4.78 is 53.9. The van der Waals surface area contributed by atoms with Crippen LogP contribution in [0.3, 0.4) is 0 Å². The molecule has 0 spiro atoms. The van der Waals surface area contributed by atoms with Crippen LogP contribution >= 0.6 is 11.6 Å². The lowest BCUT2D eigenvalue weighted by Crippen LogP contribution is -2.32. The first-order valence-corrected chi connectivity index (χ1v) is 9.78. The molecule has 1 N–H and O–H groups in total. The number of sulfonamides is 1. The minimum Gasteiger partial charge on any atom is -0.295 e. The van der Waals surface area contributed by atoms with Crippen molar-refractivity contribution >= 4 is 33.3 Å². The molecule has 0 saturated heterocycles. The average molecular weight is 414 g/mol. The highest BCUT2D eigenvalue weighted by Gasteiger charge is 2.46. The molecular weight excluding hydrogens is 400 g/mol.